The van der Waals surface area contributed by atoms with Gasteiger partial charge in [-0.05, 0) is 43.7 Å². The van der Waals surface area contributed by atoms with Crippen LogP contribution >= 0.6 is 0 Å². The standard InChI is InChI=1S/C28H28F6N6O3/c29-27(30,31)18-15-19(35)21-23-38-39-25(43-23)26(28(32,33)34,42-16-17-9-3-1-4-10-17)12-6-2-5-11-20(36-22(18)37-21)24(41)40-13-7-8-14-40/h1-5,9-10,15,20H,6-8,11-14,16,35H2,(H,36,37)/b5-2-/t20?,26-/m1/s1. The number of nitrogens with zero attached hydrogens (tertiary/aromatic N) is 4. The number of amides is 1. The van der Waals surface area contributed by atoms with Crippen LogP contribution in [0.4, 0.5) is 37.8 Å². The maximum atomic E-state index is 14.9. The summed E-state index contributed by atoms with van der Waals surface area (Å²) >= 11 is 0. The highest BCUT2D eigenvalue weighted by molar-refractivity contribution is 5.85. The van der Waals surface area contributed by atoms with E-state index in [9.17, 15) is 31.1 Å². The number of halogens is 6. The lowest BCUT2D eigenvalue weighted by Gasteiger charge is -2.32. The van der Waals surface area contributed by atoms with E-state index in [2.05, 4.69) is 20.5 Å². The van der Waals surface area contributed by atoms with Crippen LogP contribution in [0.3, 0.4) is 0 Å². The Morgan fingerprint density at radius 1 is 1.09 bits per heavy atom. The van der Waals surface area contributed by atoms with Crippen LogP contribution in [-0.4, -0.2) is 51.3 Å². The minimum Gasteiger partial charge on any atom is -0.416 e. The number of alkyl halides is 6. The molecule has 1 amide bonds. The van der Waals surface area contributed by atoms with E-state index in [0.29, 0.717) is 24.7 Å². The third kappa shape index (κ3) is 6.31. The number of nitrogens with one attached hydrogen (secondary N) is 1. The van der Waals surface area contributed by atoms with E-state index in [-0.39, 0.29) is 12.8 Å². The van der Waals surface area contributed by atoms with Gasteiger partial charge in [-0.2, -0.15) is 26.3 Å². The molecule has 230 valence electrons. The molecular weight excluding hydrogens is 582 g/mol. The number of hydrogen-bond donors (Lipinski definition) is 2. The lowest BCUT2D eigenvalue weighted by Crippen LogP contribution is -2.45. The van der Waals surface area contributed by atoms with Gasteiger partial charge in [0.25, 0.3) is 11.8 Å². The van der Waals surface area contributed by atoms with Gasteiger partial charge in [0.1, 0.15) is 11.9 Å². The van der Waals surface area contributed by atoms with Crippen molar-refractivity contribution in [3.63, 3.8) is 0 Å². The molecule has 0 aliphatic carbocycles. The van der Waals surface area contributed by atoms with Gasteiger partial charge in [-0.1, -0.05) is 42.5 Å². The van der Waals surface area contributed by atoms with Gasteiger partial charge in [-0.15, -0.1) is 10.2 Å². The Morgan fingerprint density at radius 2 is 1.81 bits per heavy atom. The molecule has 1 aromatic carbocycles. The zero-order chi connectivity index (χ0) is 30.8. The fourth-order valence-electron chi connectivity index (χ4n) is 5.06. The smallest absolute Gasteiger partial charge is 0.416 e. The van der Waals surface area contributed by atoms with E-state index >= 15 is 0 Å². The summed E-state index contributed by atoms with van der Waals surface area (Å²) in [4.78, 5) is 18.8. The molecule has 1 fully saturated rings. The second-order valence-corrected chi connectivity index (χ2v) is 10.3. The number of allylic oxidation sites excluding steroid dienone is 1. The first kappa shape index (κ1) is 30.3. The van der Waals surface area contributed by atoms with E-state index in [1.54, 1.807) is 30.3 Å². The van der Waals surface area contributed by atoms with Gasteiger partial charge in [0.2, 0.25) is 11.5 Å². The second kappa shape index (κ2) is 11.9. The quantitative estimate of drug-likeness (QED) is 0.279. The molecule has 1 unspecified atom stereocenters. The maximum absolute atomic E-state index is 14.9. The fourth-order valence-corrected chi connectivity index (χ4v) is 5.06. The van der Waals surface area contributed by atoms with Gasteiger partial charge in [0.15, 0.2) is 5.69 Å². The van der Waals surface area contributed by atoms with Gasteiger partial charge in [-0.3, -0.25) is 4.79 Å². The first-order valence-corrected chi connectivity index (χ1v) is 13.6. The molecule has 5 rings (SSSR count). The van der Waals surface area contributed by atoms with Crippen molar-refractivity contribution >= 4 is 17.4 Å². The molecule has 0 radical (unpaired) electrons. The molecule has 2 aliphatic heterocycles. The number of rotatable bonds is 4. The van der Waals surface area contributed by atoms with Crippen LogP contribution in [-0.2, 0) is 27.9 Å². The van der Waals surface area contributed by atoms with Crippen LogP contribution in [0.5, 0.6) is 0 Å². The zero-order valence-corrected chi connectivity index (χ0v) is 22.7. The zero-order valence-electron chi connectivity index (χ0n) is 22.7. The summed E-state index contributed by atoms with van der Waals surface area (Å²) < 4.78 is 97.7. The number of nitrogen functional groups attached to an aromatic ring is 1. The summed E-state index contributed by atoms with van der Waals surface area (Å²) in [5.74, 6) is -2.80. The molecular formula is C28H28F6N6O3. The largest absolute Gasteiger partial charge is 0.426 e. The second-order valence-electron chi connectivity index (χ2n) is 10.3. The molecule has 4 bridgehead atoms. The van der Waals surface area contributed by atoms with Gasteiger partial charge < -0.3 is 25.1 Å². The normalized spacial score (nSPS) is 22.1. The molecule has 2 aromatic heterocycles. The Kier molecular flexibility index (Phi) is 8.36. The topological polar surface area (TPSA) is 119 Å². The molecule has 3 N–H and O–H groups in total. The number of ether oxygens (including phenoxy) is 1. The summed E-state index contributed by atoms with van der Waals surface area (Å²) in [6.45, 7) is 0.415. The number of anilines is 2. The average Bonchev–Trinajstić information content (AvgIpc) is 3.66. The number of fused-ring (bicyclic) bond motifs is 5. The van der Waals surface area contributed by atoms with E-state index in [1.807, 2.05) is 0 Å². The van der Waals surface area contributed by atoms with Gasteiger partial charge in [0.05, 0.1) is 17.9 Å². The third-order valence-electron chi connectivity index (χ3n) is 7.34. The van der Waals surface area contributed by atoms with Gasteiger partial charge in [0, 0.05) is 13.1 Å². The molecule has 0 saturated carbocycles. The lowest BCUT2D eigenvalue weighted by atomic mass is 9.95. The fraction of sp³-hybridized carbons (Fsp3) is 0.429. The van der Waals surface area contributed by atoms with Crippen molar-refractivity contribution in [2.45, 2.75) is 62.7 Å². The van der Waals surface area contributed by atoms with Crippen molar-refractivity contribution in [2.75, 3.05) is 24.1 Å². The lowest BCUT2D eigenvalue weighted by molar-refractivity contribution is -0.299. The number of nitrogens with two attached hydrogens (primary N) is 1. The summed E-state index contributed by atoms with van der Waals surface area (Å²) in [5, 5.41) is 9.90. The third-order valence-corrected chi connectivity index (χ3v) is 7.34. The Balaban J connectivity index is 1.62. The number of carbonyl (C=O) groups is 1. The minimum absolute atomic E-state index is 0.115. The summed E-state index contributed by atoms with van der Waals surface area (Å²) in [6, 6.07) is 7.54. The average molecular weight is 611 g/mol. The van der Waals surface area contributed by atoms with Crippen molar-refractivity contribution < 1.29 is 40.3 Å². The van der Waals surface area contributed by atoms with E-state index < -0.39 is 77.5 Å². The Bertz CT molecular complexity index is 1470. The predicted molar refractivity (Wildman–Crippen MR) is 142 cm³/mol. The van der Waals surface area contributed by atoms with E-state index in [1.165, 1.54) is 17.1 Å². The highest BCUT2D eigenvalue weighted by atomic mass is 19.4. The van der Waals surface area contributed by atoms with Crippen LogP contribution in [0, 0.1) is 0 Å². The molecule has 4 heterocycles. The van der Waals surface area contributed by atoms with Crippen molar-refractivity contribution in [3.05, 3.63) is 65.6 Å². The summed E-state index contributed by atoms with van der Waals surface area (Å²) in [5.41, 5.74) is 0.963. The van der Waals surface area contributed by atoms with Gasteiger partial charge >= 0.3 is 12.4 Å². The molecule has 0 spiro atoms. The van der Waals surface area contributed by atoms with E-state index in [4.69, 9.17) is 14.9 Å². The van der Waals surface area contributed by atoms with Crippen molar-refractivity contribution in [1.82, 2.24) is 20.1 Å². The number of carbonyl (C=O) groups excluding carboxylic acids is 1. The van der Waals surface area contributed by atoms with E-state index in [0.717, 1.165) is 12.8 Å². The van der Waals surface area contributed by atoms with Crippen LogP contribution in [0.15, 0.2) is 53.0 Å². The van der Waals surface area contributed by atoms with Crippen molar-refractivity contribution in [1.29, 1.82) is 0 Å². The summed E-state index contributed by atoms with van der Waals surface area (Å²) in [6.07, 6.45) is -6.61. The molecule has 15 heteroatoms. The number of likely N-dealkylation sites (tertiary alicyclic amines) is 1. The highest BCUT2D eigenvalue weighted by Gasteiger charge is 2.61. The van der Waals surface area contributed by atoms with Crippen molar-refractivity contribution in [2.24, 2.45) is 0 Å². The number of aromatic nitrogens is 3. The van der Waals surface area contributed by atoms with Crippen LogP contribution in [0.25, 0.3) is 11.6 Å². The number of benzene rings is 1. The first-order chi connectivity index (χ1) is 20.4. The predicted octanol–water partition coefficient (Wildman–Crippen LogP) is 5.85. The first-order valence-electron chi connectivity index (χ1n) is 13.6. The molecule has 43 heavy (non-hydrogen) atoms. The maximum Gasteiger partial charge on any atom is 0.426 e. The Hall–Kier alpha value is -4.14. The molecule has 3 aromatic rings. The van der Waals surface area contributed by atoms with Crippen LogP contribution < -0.4 is 11.1 Å². The summed E-state index contributed by atoms with van der Waals surface area (Å²) in [7, 11) is 0. The highest BCUT2D eigenvalue weighted by Crippen LogP contribution is 2.47. The van der Waals surface area contributed by atoms with Crippen LogP contribution in [0.2, 0.25) is 0 Å². The van der Waals surface area contributed by atoms with Crippen molar-refractivity contribution in [3.8, 4) is 11.6 Å². The van der Waals surface area contributed by atoms with Gasteiger partial charge in [-0.25, -0.2) is 4.98 Å². The SMILES string of the molecule is Nc1cc(C(F)(F)F)c2nc1-c1nnc(o1)[C@@](OCc1ccccc1)(C(F)(F)F)CC/C=C\CC(C(=O)N1CCCC1)N2. The molecule has 9 nitrogen and oxygen atoms in total. The number of pyridine rings is 1. The Morgan fingerprint density at radius 3 is 2.49 bits per heavy atom. The molecule has 2 aliphatic rings. The number of hydrogen-bond acceptors (Lipinski definition) is 8. The monoisotopic (exact) mass is 610 g/mol. The molecule has 2 atom stereocenters. The minimum atomic E-state index is -5.05. The Labute approximate surface area is 242 Å². The van der Waals surface area contributed by atoms with Crippen LogP contribution in [0.1, 0.15) is 49.1 Å². The molecule has 1 saturated heterocycles.